The lowest BCUT2D eigenvalue weighted by Crippen LogP contribution is -2.18. The topological polar surface area (TPSA) is 65.6 Å². The number of ketones is 1. The summed E-state index contributed by atoms with van der Waals surface area (Å²) in [5, 5.41) is 10.3. The number of aryl methyl sites for hydroxylation is 5. The van der Waals surface area contributed by atoms with E-state index < -0.39 is 0 Å². The molecule has 0 fully saturated rings. The van der Waals surface area contributed by atoms with Gasteiger partial charge in [-0.2, -0.15) is 10.2 Å². The summed E-state index contributed by atoms with van der Waals surface area (Å²) in [6.07, 6.45) is 2.47. The highest BCUT2D eigenvalue weighted by Crippen LogP contribution is 2.38. The largest absolute Gasteiger partial charge is 0.298 e. The molecular formula is C37H40FN5O. The first-order chi connectivity index (χ1) is 20.8. The van der Waals surface area contributed by atoms with Gasteiger partial charge in [-0.05, 0) is 108 Å². The Morgan fingerprint density at radius 1 is 0.977 bits per heavy atom. The van der Waals surface area contributed by atoms with Gasteiger partial charge in [-0.1, -0.05) is 24.1 Å². The molecule has 0 saturated heterocycles. The van der Waals surface area contributed by atoms with Gasteiger partial charge in [0, 0.05) is 47.5 Å². The molecule has 5 rings (SSSR count). The third-order valence-corrected chi connectivity index (χ3v) is 7.71. The Morgan fingerprint density at radius 2 is 1.73 bits per heavy atom. The molecule has 0 spiro atoms. The van der Waals surface area contributed by atoms with E-state index in [1.54, 1.807) is 10.7 Å². The van der Waals surface area contributed by atoms with Crippen LogP contribution in [0.15, 0.2) is 54.7 Å². The molecule has 44 heavy (non-hydrogen) atoms. The standard InChI is InChI=1S/C37H40FN5O/c1-23-17-27(20-29(38)18-23)19-28(21-31(44)22-43-16-14-25(3)40-43)35-32(12-10-30(39-35)13-15-37(5,6)7)33-11-9-24(2)34-26(4)41-42(8)36(33)34/h9-12,14,16-18,20,28H,19,21-22H2,1-8H3/t28-/m1/s1. The number of rotatable bonds is 8. The molecule has 0 aliphatic rings. The number of pyridine rings is 1. The van der Waals surface area contributed by atoms with Crippen LogP contribution in [0.5, 0.6) is 0 Å². The van der Waals surface area contributed by atoms with Gasteiger partial charge in [-0.15, -0.1) is 0 Å². The summed E-state index contributed by atoms with van der Waals surface area (Å²) in [7, 11) is 1.96. The highest BCUT2D eigenvalue weighted by Gasteiger charge is 2.25. The normalized spacial score (nSPS) is 12.3. The molecule has 0 radical (unpaired) electrons. The van der Waals surface area contributed by atoms with Crippen LogP contribution in [0, 0.1) is 50.8 Å². The van der Waals surface area contributed by atoms with E-state index in [9.17, 15) is 9.18 Å². The molecule has 2 aromatic carbocycles. The van der Waals surface area contributed by atoms with Crippen LogP contribution >= 0.6 is 0 Å². The minimum absolute atomic E-state index is 0.0237. The van der Waals surface area contributed by atoms with Crippen molar-refractivity contribution in [3.63, 3.8) is 0 Å². The number of hydrogen-bond acceptors (Lipinski definition) is 4. The van der Waals surface area contributed by atoms with Crippen molar-refractivity contribution in [1.82, 2.24) is 24.5 Å². The zero-order valence-electron chi connectivity index (χ0n) is 26.9. The summed E-state index contributed by atoms with van der Waals surface area (Å²) in [6, 6.07) is 15.2. The first kappa shape index (κ1) is 30.9. The molecule has 1 atom stereocenters. The van der Waals surface area contributed by atoms with E-state index in [2.05, 4.69) is 62.8 Å². The molecule has 0 amide bonds. The van der Waals surface area contributed by atoms with E-state index in [-0.39, 0.29) is 35.9 Å². The molecule has 5 aromatic rings. The molecule has 3 heterocycles. The average molecular weight is 590 g/mol. The second-order valence-electron chi connectivity index (χ2n) is 12.9. The van der Waals surface area contributed by atoms with Crippen molar-refractivity contribution in [3.05, 3.63) is 100 Å². The number of carbonyl (C=O) groups excluding carboxylic acids is 1. The van der Waals surface area contributed by atoms with Crippen molar-refractivity contribution in [3.8, 4) is 23.0 Å². The van der Waals surface area contributed by atoms with Gasteiger partial charge in [0.15, 0.2) is 5.78 Å². The van der Waals surface area contributed by atoms with Gasteiger partial charge in [0.1, 0.15) is 11.5 Å². The summed E-state index contributed by atoms with van der Waals surface area (Å²) >= 11 is 0. The third kappa shape index (κ3) is 6.97. The van der Waals surface area contributed by atoms with Gasteiger partial charge in [0.05, 0.1) is 29.1 Å². The van der Waals surface area contributed by atoms with E-state index >= 15 is 0 Å². The van der Waals surface area contributed by atoms with Gasteiger partial charge in [0.25, 0.3) is 0 Å². The van der Waals surface area contributed by atoms with Crippen LogP contribution in [0.25, 0.3) is 22.0 Å². The summed E-state index contributed by atoms with van der Waals surface area (Å²) in [5.74, 6) is 5.96. The first-order valence-electron chi connectivity index (χ1n) is 15.0. The second kappa shape index (κ2) is 12.2. The lowest BCUT2D eigenvalue weighted by Gasteiger charge is -2.21. The van der Waals surface area contributed by atoms with E-state index in [1.807, 2.05) is 56.9 Å². The van der Waals surface area contributed by atoms with E-state index in [0.717, 1.165) is 55.8 Å². The fraction of sp³-hybridized carbons (Fsp3) is 0.351. The Labute approximate surface area is 259 Å². The zero-order chi connectivity index (χ0) is 31.8. The van der Waals surface area contributed by atoms with Crippen LogP contribution in [-0.4, -0.2) is 30.3 Å². The van der Waals surface area contributed by atoms with Crippen LogP contribution < -0.4 is 0 Å². The number of halogens is 1. The fourth-order valence-corrected chi connectivity index (χ4v) is 5.91. The van der Waals surface area contributed by atoms with Gasteiger partial charge in [-0.25, -0.2) is 9.37 Å². The van der Waals surface area contributed by atoms with Gasteiger partial charge < -0.3 is 0 Å². The molecule has 6 nitrogen and oxygen atoms in total. The highest BCUT2D eigenvalue weighted by atomic mass is 19.1. The first-order valence-corrected chi connectivity index (χ1v) is 15.0. The maximum Gasteiger partial charge on any atom is 0.154 e. The minimum atomic E-state index is -0.336. The summed E-state index contributed by atoms with van der Waals surface area (Å²) in [6.45, 7) is 14.2. The van der Waals surface area contributed by atoms with Crippen LogP contribution in [0.4, 0.5) is 4.39 Å². The summed E-state index contributed by atoms with van der Waals surface area (Å²) in [4.78, 5) is 18.8. The Kier molecular flexibility index (Phi) is 8.56. The molecular weight excluding hydrogens is 549 g/mol. The van der Waals surface area contributed by atoms with Crippen molar-refractivity contribution >= 4 is 16.7 Å². The molecule has 0 aliphatic heterocycles. The van der Waals surface area contributed by atoms with Gasteiger partial charge in [0.2, 0.25) is 0 Å². The van der Waals surface area contributed by atoms with Crippen molar-refractivity contribution in [2.45, 2.75) is 73.8 Å². The Morgan fingerprint density at radius 3 is 2.41 bits per heavy atom. The Balaban J connectivity index is 1.70. The second-order valence-corrected chi connectivity index (χ2v) is 12.9. The maximum atomic E-state index is 14.6. The van der Waals surface area contributed by atoms with Gasteiger partial charge in [-0.3, -0.25) is 14.2 Å². The number of aromatic nitrogens is 5. The zero-order valence-corrected chi connectivity index (χ0v) is 26.9. The molecule has 3 aromatic heterocycles. The third-order valence-electron chi connectivity index (χ3n) is 7.71. The van der Waals surface area contributed by atoms with Crippen molar-refractivity contribution in [2.24, 2.45) is 12.5 Å². The Hall–Kier alpha value is -4.57. The van der Waals surface area contributed by atoms with Crippen LogP contribution in [0.3, 0.4) is 0 Å². The molecule has 0 aliphatic carbocycles. The smallest absolute Gasteiger partial charge is 0.154 e. The molecule has 0 saturated carbocycles. The summed E-state index contributed by atoms with van der Waals surface area (Å²) < 4.78 is 18.2. The van der Waals surface area contributed by atoms with Crippen LogP contribution in [0.1, 0.15) is 72.6 Å². The van der Waals surface area contributed by atoms with Crippen LogP contribution in [-0.2, 0) is 24.8 Å². The molecule has 0 bridgehead atoms. The van der Waals surface area contributed by atoms with Crippen molar-refractivity contribution in [1.29, 1.82) is 0 Å². The van der Waals surface area contributed by atoms with Gasteiger partial charge >= 0.3 is 0 Å². The number of hydrogen-bond donors (Lipinski definition) is 0. The number of carbonyl (C=O) groups is 1. The summed E-state index contributed by atoms with van der Waals surface area (Å²) in [5.41, 5.74) is 8.73. The molecule has 0 unspecified atom stereocenters. The predicted molar refractivity (Wildman–Crippen MR) is 174 cm³/mol. The highest BCUT2D eigenvalue weighted by molar-refractivity contribution is 5.98. The molecule has 226 valence electrons. The quantitative estimate of drug-likeness (QED) is 0.175. The maximum absolute atomic E-state index is 14.6. The monoisotopic (exact) mass is 589 g/mol. The molecule has 7 heteroatoms. The number of Topliss-reactive ketones (excluding diaryl/α,β-unsaturated/α-hetero) is 1. The SMILES string of the molecule is Cc1cc(F)cc(C[C@H](CC(=O)Cn2ccc(C)n2)c2nc(C#CC(C)(C)C)ccc2-c2ccc(C)c3c(C)nn(C)c23)c1. The minimum Gasteiger partial charge on any atom is -0.298 e. The number of fused-ring (bicyclic) bond motifs is 1. The number of benzene rings is 2. The fourth-order valence-electron chi connectivity index (χ4n) is 5.91. The predicted octanol–water partition coefficient (Wildman–Crippen LogP) is 7.59. The molecule has 0 N–H and O–H groups in total. The Bertz CT molecular complexity index is 1910. The van der Waals surface area contributed by atoms with Crippen molar-refractivity contribution < 1.29 is 9.18 Å². The van der Waals surface area contributed by atoms with Crippen molar-refractivity contribution in [2.75, 3.05) is 0 Å². The number of nitrogens with zero attached hydrogens (tertiary/aromatic N) is 5. The van der Waals surface area contributed by atoms with E-state index in [4.69, 9.17) is 10.1 Å². The lowest BCUT2D eigenvalue weighted by atomic mass is 9.85. The van der Waals surface area contributed by atoms with E-state index in [0.29, 0.717) is 12.1 Å². The van der Waals surface area contributed by atoms with E-state index in [1.165, 1.54) is 6.07 Å². The lowest BCUT2D eigenvalue weighted by molar-refractivity contribution is -0.120. The average Bonchev–Trinajstić information content (AvgIpc) is 3.47. The van der Waals surface area contributed by atoms with Crippen LogP contribution in [0.2, 0.25) is 0 Å².